The molecule has 0 radical (unpaired) electrons. The first-order chi connectivity index (χ1) is 6.42. The number of likely N-dealkylation sites (tertiary alicyclic amines) is 1. The van der Waals surface area contributed by atoms with E-state index in [1.807, 2.05) is 0 Å². The van der Waals surface area contributed by atoms with Gasteiger partial charge < -0.3 is 0 Å². The molecular weight excluding hydrogens is 182 g/mol. The fourth-order valence-electron chi connectivity index (χ4n) is 2.91. The monoisotopic (exact) mass is 201 g/mol. The predicted molar refractivity (Wildman–Crippen MR) is 57.3 cm³/mol. The fraction of sp³-hybridized carbons (Fsp3) is 1.00. The van der Waals surface area contributed by atoms with Crippen LogP contribution in [-0.2, 0) is 0 Å². The van der Waals surface area contributed by atoms with Crippen LogP contribution in [-0.4, -0.2) is 29.4 Å². The highest BCUT2D eigenvalue weighted by molar-refractivity contribution is 6.18. The van der Waals surface area contributed by atoms with Gasteiger partial charge in [0.2, 0.25) is 0 Å². The Hall–Kier alpha value is 0.250. The highest BCUT2D eigenvalue weighted by atomic mass is 35.5. The zero-order chi connectivity index (χ0) is 9.10. The van der Waals surface area contributed by atoms with Crippen molar-refractivity contribution < 1.29 is 0 Å². The molecule has 0 N–H and O–H groups in total. The van der Waals surface area contributed by atoms with Crippen LogP contribution in [0.5, 0.6) is 0 Å². The first-order valence-corrected chi connectivity index (χ1v) is 6.27. The average molecular weight is 202 g/mol. The first kappa shape index (κ1) is 9.79. The molecule has 2 aliphatic rings. The number of hydrogen-bond donors (Lipinski definition) is 0. The van der Waals surface area contributed by atoms with Gasteiger partial charge in [-0.3, -0.25) is 4.90 Å². The van der Waals surface area contributed by atoms with Crippen molar-refractivity contribution in [2.45, 2.75) is 57.0 Å². The summed E-state index contributed by atoms with van der Waals surface area (Å²) >= 11 is 6.01. The van der Waals surface area contributed by atoms with Crippen LogP contribution in [0.2, 0.25) is 0 Å². The Balaban J connectivity index is 1.93. The molecular formula is C11H20ClN. The second-order valence-corrected chi connectivity index (χ2v) is 4.79. The second kappa shape index (κ2) is 4.65. The molecule has 1 nitrogen and oxygen atoms in total. The lowest BCUT2D eigenvalue weighted by atomic mass is 10.0. The van der Waals surface area contributed by atoms with Crippen molar-refractivity contribution in [1.29, 1.82) is 0 Å². The van der Waals surface area contributed by atoms with Crippen LogP contribution < -0.4 is 0 Å². The lowest BCUT2D eigenvalue weighted by Gasteiger charge is -2.39. The number of piperidine rings is 1. The van der Waals surface area contributed by atoms with Crippen LogP contribution in [0.25, 0.3) is 0 Å². The molecule has 1 atom stereocenters. The number of alkyl halides is 1. The second-order valence-electron chi connectivity index (χ2n) is 4.48. The minimum absolute atomic E-state index is 0.693. The van der Waals surface area contributed by atoms with E-state index in [9.17, 15) is 0 Å². The Labute approximate surface area is 86.4 Å². The Morgan fingerprint density at radius 2 is 1.69 bits per heavy atom. The van der Waals surface area contributed by atoms with Gasteiger partial charge in [-0.1, -0.05) is 19.3 Å². The molecule has 1 saturated heterocycles. The highest BCUT2D eigenvalue weighted by Gasteiger charge is 2.29. The van der Waals surface area contributed by atoms with E-state index in [1.165, 1.54) is 51.5 Å². The van der Waals surface area contributed by atoms with E-state index in [2.05, 4.69) is 4.90 Å². The molecule has 1 heterocycles. The van der Waals surface area contributed by atoms with Gasteiger partial charge in [-0.15, -0.1) is 11.6 Å². The summed E-state index contributed by atoms with van der Waals surface area (Å²) in [5.74, 6) is 0.844. The van der Waals surface area contributed by atoms with Gasteiger partial charge >= 0.3 is 0 Å². The molecule has 2 fully saturated rings. The summed E-state index contributed by atoms with van der Waals surface area (Å²) in [6.07, 6.45) is 9.84. The van der Waals surface area contributed by atoms with Gasteiger partial charge in [0.25, 0.3) is 0 Å². The predicted octanol–water partition coefficient (Wildman–Crippen LogP) is 3.02. The summed E-state index contributed by atoms with van der Waals surface area (Å²) in [6, 6.07) is 1.57. The van der Waals surface area contributed by atoms with Crippen LogP contribution >= 0.6 is 11.6 Å². The quantitative estimate of drug-likeness (QED) is 0.621. The molecule has 1 aliphatic carbocycles. The summed E-state index contributed by atoms with van der Waals surface area (Å²) in [4.78, 5) is 2.70. The van der Waals surface area contributed by atoms with Crippen molar-refractivity contribution in [3.63, 3.8) is 0 Å². The molecule has 1 saturated carbocycles. The van der Waals surface area contributed by atoms with Crippen molar-refractivity contribution in [3.8, 4) is 0 Å². The van der Waals surface area contributed by atoms with Gasteiger partial charge in [0.1, 0.15) is 0 Å². The van der Waals surface area contributed by atoms with Crippen molar-refractivity contribution in [2.75, 3.05) is 12.4 Å². The van der Waals surface area contributed by atoms with Crippen LogP contribution in [0, 0.1) is 0 Å². The fourth-order valence-corrected chi connectivity index (χ4v) is 3.24. The lowest BCUT2D eigenvalue weighted by Crippen LogP contribution is -2.46. The molecule has 13 heavy (non-hydrogen) atoms. The van der Waals surface area contributed by atoms with Gasteiger partial charge in [-0.05, 0) is 32.2 Å². The standard InChI is InChI=1S/C11H20ClN/c12-9-11-7-3-4-8-13(11)10-5-1-2-6-10/h10-11H,1-9H2. The lowest BCUT2D eigenvalue weighted by molar-refractivity contribution is 0.110. The third-order valence-electron chi connectivity index (χ3n) is 3.64. The van der Waals surface area contributed by atoms with Crippen molar-refractivity contribution >= 4 is 11.6 Å². The summed E-state index contributed by atoms with van der Waals surface area (Å²) in [7, 11) is 0. The van der Waals surface area contributed by atoms with Crippen molar-refractivity contribution in [1.82, 2.24) is 4.90 Å². The van der Waals surface area contributed by atoms with Crippen LogP contribution in [0.15, 0.2) is 0 Å². The van der Waals surface area contributed by atoms with Crippen LogP contribution in [0.4, 0.5) is 0 Å². The summed E-state index contributed by atoms with van der Waals surface area (Å²) in [5, 5.41) is 0. The zero-order valence-electron chi connectivity index (χ0n) is 8.34. The van der Waals surface area contributed by atoms with E-state index >= 15 is 0 Å². The smallest absolute Gasteiger partial charge is 0.0379 e. The molecule has 76 valence electrons. The van der Waals surface area contributed by atoms with Gasteiger partial charge in [0.05, 0.1) is 0 Å². The normalized spacial score (nSPS) is 32.5. The van der Waals surface area contributed by atoms with Gasteiger partial charge in [-0.2, -0.15) is 0 Å². The molecule has 1 aliphatic heterocycles. The van der Waals surface area contributed by atoms with Gasteiger partial charge in [0.15, 0.2) is 0 Å². The number of rotatable bonds is 2. The minimum atomic E-state index is 0.693. The molecule has 1 unspecified atom stereocenters. The third-order valence-corrected chi connectivity index (χ3v) is 4.00. The maximum atomic E-state index is 6.01. The highest BCUT2D eigenvalue weighted by Crippen LogP contribution is 2.29. The molecule has 0 bridgehead atoms. The van der Waals surface area contributed by atoms with E-state index < -0.39 is 0 Å². The van der Waals surface area contributed by atoms with E-state index in [-0.39, 0.29) is 0 Å². The molecule has 0 aromatic carbocycles. The Morgan fingerprint density at radius 1 is 1.00 bits per heavy atom. The van der Waals surface area contributed by atoms with Crippen LogP contribution in [0.1, 0.15) is 44.9 Å². The SMILES string of the molecule is ClCC1CCCCN1C1CCCC1. The largest absolute Gasteiger partial charge is 0.296 e. The summed E-state index contributed by atoms with van der Waals surface area (Å²) in [6.45, 7) is 1.31. The van der Waals surface area contributed by atoms with Crippen molar-refractivity contribution in [2.24, 2.45) is 0 Å². The first-order valence-electron chi connectivity index (χ1n) is 5.73. The summed E-state index contributed by atoms with van der Waals surface area (Å²) < 4.78 is 0. The Kier molecular flexibility index (Phi) is 3.51. The average Bonchev–Trinajstić information content (AvgIpc) is 2.70. The van der Waals surface area contributed by atoms with E-state index in [0.717, 1.165) is 11.9 Å². The molecule has 0 amide bonds. The molecule has 0 spiro atoms. The van der Waals surface area contributed by atoms with Gasteiger partial charge in [0, 0.05) is 18.0 Å². The van der Waals surface area contributed by atoms with E-state index in [4.69, 9.17) is 11.6 Å². The minimum Gasteiger partial charge on any atom is -0.296 e. The molecule has 0 aromatic heterocycles. The summed E-state index contributed by atoms with van der Waals surface area (Å²) in [5.41, 5.74) is 0. The number of hydrogen-bond acceptors (Lipinski definition) is 1. The maximum Gasteiger partial charge on any atom is 0.0379 e. The van der Waals surface area contributed by atoms with E-state index in [0.29, 0.717) is 6.04 Å². The zero-order valence-corrected chi connectivity index (χ0v) is 9.10. The van der Waals surface area contributed by atoms with E-state index in [1.54, 1.807) is 0 Å². The third kappa shape index (κ3) is 2.19. The molecule has 2 rings (SSSR count). The topological polar surface area (TPSA) is 3.24 Å². The molecule has 0 aromatic rings. The Bertz CT molecular complexity index is 152. The van der Waals surface area contributed by atoms with Crippen LogP contribution in [0.3, 0.4) is 0 Å². The number of nitrogens with zero attached hydrogens (tertiary/aromatic N) is 1. The Morgan fingerprint density at radius 3 is 2.38 bits per heavy atom. The molecule has 2 heteroatoms. The maximum absolute atomic E-state index is 6.01. The van der Waals surface area contributed by atoms with Crippen molar-refractivity contribution in [3.05, 3.63) is 0 Å². The number of halogens is 1. The van der Waals surface area contributed by atoms with Gasteiger partial charge in [-0.25, -0.2) is 0 Å².